The second kappa shape index (κ2) is 5.47. The van der Waals surface area contributed by atoms with Gasteiger partial charge in [0, 0.05) is 5.39 Å². The molecule has 3 rings (SSSR count). The molecule has 5 heteroatoms. The van der Waals surface area contributed by atoms with Gasteiger partial charge >= 0.3 is 0 Å². The van der Waals surface area contributed by atoms with E-state index in [-0.39, 0.29) is 5.91 Å². The molecular formula is C16H13ClN2OS. The summed E-state index contributed by atoms with van der Waals surface area (Å²) in [5.74, 6) is -0.238. The third-order valence-corrected chi connectivity index (χ3v) is 4.56. The van der Waals surface area contributed by atoms with E-state index in [2.05, 4.69) is 9.69 Å². The molecule has 0 fully saturated rings. The number of fused-ring (bicyclic) bond motifs is 1. The van der Waals surface area contributed by atoms with Crippen LogP contribution in [-0.4, -0.2) is 10.3 Å². The lowest BCUT2D eigenvalue weighted by atomic mass is 10.1. The maximum atomic E-state index is 12.4. The van der Waals surface area contributed by atoms with E-state index in [9.17, 15) is 4.79 Å². The smallest absolute Gasteiger partial charge is 0.276 e. The summed E-state index contributed by atoms with van der Waals surface area (Å²) in [6.45, 7) is 3.97. The average molecular weight is 317 g/mol. The number of halogens is 1. The Morgan fingerprint density at radius 1 is 1.19 bits per heavy atom. The van der Waals surface area contributed by atoms with Crippen LogP contribution in [0.2, 0.25) is 5.02 Å². The Morgan fingerprint density at radius 2 is 1.90 bits per heavy atom. The largest absolute Gasteiger partial charge is 0.319 e. The molecule has 0 saturated carbocycles. The summed E-state index contributed by atoms with van der Waals surface area (Å²) in [5, 5.41) is 4.24. The van der Waals surface area contributed by atoms with Crippen LogP contribution in [-0.2, 0) is 0 Å². The van der Waals surface area contributed by atoms with E-state index < -0.39 is 0 Å². The molecule has 0 spiro atoms. The first-order valence-electron chi connectivity index (χ1n) is 6.49. The van der Waals surface area contributed by atoms with Crippen molar-refractivity contribution in [3.8, 4) is 0 Å². The summed E-state index contributed by atoms with van der Waals surface area (Å²) in [4.78, 5) is 12.4. The van der Waals surface area contributed by atoms with E-state index in [1.165, 1.54) is 11.5 Å². The normalized spacial score (nSPS) is 10.8. The minimum absolute atomic E-state index is 0.238. The fourth-order valence-electron chi connectivity index (χ4n) is 2.11. The van der Waals surface area contributed by atoms with Crippen LogP contribution in [0.15, 0.2) is 36.4 Å². The lowest BCUT2D eigenvalue weighted by Crippen LogP contribution is -2.13. The molecule has 1 N–H and O–H groups in total. The number of amides is 1. The Labute approximate surface area is 131 Å². The number of aryl methyl sites for hydroxylation is 2. The van der Waals surface area contributed by atoms with Gasteiger partial charge in [0.05, 0.1) is 15.4 Å². The number of hydrogen-bond acceptors (Lipinski definition) is 3. The molecule has 3 nitrogen and oxygen atoms in total. The topological polar surface area (TPSA) is 42.0 Å². The van der Waals surface area contributed by atoms with Gasteiger partial charge in [0.15, 0.2) is 0 Å². The Hall–Kier alpha value is -1.91. The van der Waals surface area contributed by atoms with Crippen molar-refractivity contribution in [2.45, 2.75) is 13.8 Å². The van der Waals surface area contributed by atoms with Crippen LogP contribution in [0.1, 0.15) is 21.6 Å². The van der Waals surface area contributed by atoms with Crippen molar-refractivity contribution in [2.75, 3.05) is 5.32 Å². The Bertz CT molecular complexity index is 841. The molecule has 0 atom stereocenters. The summed E-state index contributed by atoms with van der Waals surface area (Å²) >= 11 is 7.51. The van der Waals surface area contributed by atoms with Crippen molar-refractivity contribution in [3.05, 3.63) is 58.2 Å². The second-order valence-electron chi connectivity index (χ2n) is 4.90. The van der Waals surface area contributed by atoms with E-state index >= 15 is 0 Å². The lowest BCUT2D eigenvalue weighted by Gasteiger charge is -2.09. The van der Waals surface area contributed by atoms with E-state index in [1.807, 2.05) is 50.2 Å². The van der Waals surface area contributed by atoms with E-state index in [0.717, 1.165) is 21.2 Å². The van der Waals surface area contributed by atoms with Gasteiger partial charge in [-0.3, -0.25) is 4.79 Å². The number of aromatic nitrogens is 1. The Kier molecular flexibility index (Phi) is 3.66. The highest BCUT2D eigenvalue weighted by Crippen LogP contribution is 2.27. The van der Waals surface area contributed by atoms with Crippen LogP contribution < -0.4 is 5.32 Å². The molecule has 1 aromatic heterocycles. The maximum absolute atomic E-state index is 12.4. The van der Waals surface area contributed by atoms with Gasteiger partial charge in [-0.1, -0.05) is 29.8 Å². The summed E-state index contributed by atoms with van der Waals surface area (Å²) in [6.07, 6.45) is 0. The number of carbonyl (C=O) groups excluding carboxylic acids is 1. The van der Waals surface area contributed by atoms with Crippen molar-refractivity contribution >= 4 is 44.8 Å². The molecular weight excluding hydrogens is 304 g/mol. The second-order valence-corrected chi connectivity index (χ2v) is 6.11. The highest BCUT2D eigenvalue weighted by Gasteiger charge is 2.15. The van der Waals surface area contributed by atoms with Crippen LogP contribution in [0.25, 0.3) is 10.1 Å². The molecule has 1 heterocycles. The Balaban J connectivity index is 1.95. The zero-order valence-corrected chi connectivity index (χ0v) is 13.2. The number of hydrogen-bond donors (Lipinski definition) is 1. The number of nitrogens with one attached hydrogen (secondary N) is 1. The molecule has 0 aliphatic carbocycles. The van der Waals surface area contributed by atoms with Gasteiger partial charge in [0.25, 0.3) is 5.91 Å². The summed E-state index contributed by atoms with van der Waals surface area (Å²) in [5.41, 5.74) is 3.22. The van der Waals surface area contributed by atoms with Crippen molar-refractivity contribution in [3.63, 3.8) is 0 Å². The monoisotopic (exact) mass is 316 g/mol. The molecule has 0 saturated heterocycles. The third kappa shape index (κ3) is 2.64. The van der Waals surface area contributed by atoms with Crippen molar-refractivity contribution in [2.24, 2.45) is 0 Å². The van der Waals surface area contributed by atoms with Crippen molar-refractivity contribution in [1.82, 2.24) is 4.37 Å². The number of carbonyl (C=O) groups is 1. The highest BCUT2D eigenvalue weighted by molar-refractivity contribution is 7.13. The average Bonchev–Trinajstić information content (AvgIpc) is 2.88. The van der Waals surface area contributed by atoms with Gasteiger partial charge in [0.1, 0.15) is 5.69 Å². The van der Waals surface area contributed by atoms with Gasteiger partial charge in [-0.15, -0.1) is 0 Å². The predicted octanol–water partition coefficient (Wildman–Crippen LogP) is 4.82. The zero-order valence-electron chi connectivity index (χ0n) is 11.6. The molecule has 0 bridgehead atoms. The molecule has 21 heavy (non-hydrogen) atoms. The first kappa shape index (κ1) is 14.0. The summed E-state index contributed by atoms with van der Waals surface area (Å²) in [6, 6.07) is 11.4. The van der Waals surface area contributed by atoms with Crippen molar-refractivity contribution < 1.29 is 4.79 Å². The molecule has 0 aliphatic heterocycles. The third-order valence-electron chi connectivity index (χ3n) is 3.42. The van der Waals surface area contributed by atoms with Crippen LogP contribution in [0.3, 0.4) is 0 Å². The molecule has 3 aromatic rings. The van der Waals surface area contributed by atoms with Crippen LogP contribution in [0.4, 0.5) is 5.69 Å². The predicted molar refractivity (Wildman–Crippen MR) is 88.5 cm³/mol. The van der Waals surface area contributed by atoms with Gasteiger partial charge in [-0.05, 0) is 54.7 Å². The first-order valence-corrected chi connectivity index (χ1v) is 7.64. The lowest BCUT2D eigenvalue weighted by molar-refractivity contribution is 0.102. The summed E-state index contributed by atoms with van der Waals surface area (Å²) < 4.78 is 5.24. The first-order chi connectivity index (χ1) is 10.1. The fourth-order valence-corrected chi connectivity index (χ4v) is 3.15. The molecule has 2 aromatic carbocycles. The summed E-state index contributed by atoms with van der Waals surface area (Å²) in [7, 11) is 0. The van der Waals surface area contributed by atoms with Gasteiger partial charge in [0.2, 0.25) is 0 Å². The van der Waals surface area contributed by atoms with Crippen LogP contribution in [0.5, 0.6) is 0 Å². The quantitative estimate of drug-likeness (QED) is 0.736. The fraction of sp³-hybridized carbons (Fsp3) is 0.125. The SMILES string of the molecule is Cc1cc(Cl)c(NC(=O)c2nsc3ccccc23)cc1C. The molecule has 0 aliphatic rings. The van der Waals surface area contributed by atoms with Crippen molar-refractivity contribution in [1.29, 1.82) is 0 Å². The molecule has 1 amide bonds. The zero-order chi connectivity index (χ0) is 15.0. The van der Waals surface area contributed by atoms with E-state index in [4.69, 9.17) is 11.6 Å². The maximum Gasteiger partial charge on any atom is 0.276 e. The molecule has 0 unspecified atom stereocenters. The minimum atomic E-state index is -0.238. The molecule has 0 radical (unpaired) electrons. The Morgan fingerprint density at radius 3 is 2.71 bits per heavy atom. The highest BCUT2D eigenvalue weighted by atomic mass is 35.5. The van der Waals surface area contributed by atoms with Crippen LogP contribution >= 0.6 is 23.1 Å². The minimum Gasteiger partial charge on any atom is -0.319 e. The van der Waals surface area contributed by atoms with Gasteiger partial charge < -0.3 is 5.32 Å². The number of rotatable bonds is 2. The van der Waals surface area contributed by atoms with Gasteiger partial charge in [-0.25, -0.2) is 0 Å². The van der Waals surface area contributed by atoms with E-state index in [0.29, 0.717) is 16.4 Å². The number of anilines is 1. The number of benzene rings is 2. The number of nitrogens with zero attached hydrogens (tertiary/aromatic N) is 1. The van der Waals surface area contributed by atoms with E-state index in [1.54, 1.807) is 0 Å². The molecule has 106 valence electrons. The standard InChI is InChI=1S/C16H13ClN2OS/c1-9-7-12(17)13(8-10(9)2)18-16(20)15-11-5-3-4-6-14(11)21-19-15/h3-8H,1-2H3,(H,18,20). The van der Waals surface area contributed by atoms with Gasteiger partial charge in [-0.2, -0.15) is 4.37 Å². The van der Waals surface area contributed by atoms with Crippen LogP contribution in [0, 0.1) is 13.8 Å².